The zero-order chi connectivity index (χ0) is 16.6. The zero-order valence-corrected chi connectivity index (χ0v) is 12.9. The van der Waals surface area contributed by atoms with E-state index in [1.165, 1.54) is 4.90 Å². The van der Waals surface area contributed by atoms with Crippen LogP contribution >= 0.6 is 0 Å². The van der Waals surface area contributed by atoms with Crippen LogP contribution in [0.3, 0.4) is 0 Å². The zero-order valence-electron chi connectivity index (χ0n) is 12.9. The van der Waals surface area contributed by atoms with Crippen LogP contribution in [0.2, 0.25) is 0 Å². The lowest BCUT2D eigenvalue weighted by atomic mass is 9.99. The van der Waals surface area contributed by atoms with Gasteiger partial charge in [-0.15, -0.1) is 0 Å². The van der Waals surface area contributed by atoms with E-state index in [1.807, 2.05) is 30.3 Å². The number of urea groups is 1. The maximum atomic E-state index is 12.6. The Balaban J connectivity index is 1.51. The number of hydrogen-bond donors (Lipinski definition) is 1. The average molecular weight is 324 g/mol. The summed E-state index contributed by atoms with van der Waals surface area (Å²) >= 11 is 0. The Morgan fingerprint density at radius 2 is 2.04 bits per heavy atom. The Morgan fingerprint density at radius 3 is 2.71 bits per heavy atom. The average Bonchev–Trinajstić information content (AvgIpc) is 3.17. The van der Waals surface area contributed by atoms with Crippen LogP contribution in [0, 0.1) is 0 Å². The SMILES string of the molecule is O=C1NC2(CCOC2)C(=O)N1Cc1ccc(-c2ccccn2)nc1. The third-order valence-electron chi connectivity index (χ3n) is 4.36. The van der Waals surface area contributed by atoms with Gasteiger partial charge in [-0.2, -0.15) is 0 Å². The van der Waals surface area contributed by atoms with E-state index in [0.717, 1.165) is 17.0 Å². The summed E-state index contributed by atoms with van der Waals surface area (Å²) in [5.74, 6) is -0.223. The van der Waals surface area contributed by atoms with Gasteiger partial charge in [0.05, 0.1) is 24.5 Å². The topological polar surface area (TPSA) is 84.4 Å². The lowest BCUT2D eigenvalue weighted by molar-refractivity contribution is -0.131. The minimum atomic E-state index is -0.877. The minimum absolute atomic E-state index is 0.196. The van der Waals surface area contributed by atoms with Crippen molar-refractivity contribution in [2.45, 2.75) is 18.5 Å². The van der Waals surface area contributed by atoms with Crippen LogP contribution < -0.4 is 5.32 Å². The summed E-state index contributed by atoms with van der Waals surface area (Å²) in [7, 11) is 0. The molecule has 4 rings (SSSR count). The highest BCUT2D eigenvalue weighted by molar-refractivity contribution is 6.07. The van der Waals surface area contributed by atoms with E-state index in [9.17, 15) is 9.59 Å². The Bertz CT molecular complexity index is 770. The van der Waals surface area contributed by atoms with Crippen molar-refractivity contribution < 1.29 is 14.3 Å². The number of hydrogen-bond acceptors (Lipinski definition) is 5. The Morgan fingerprint density at radius 1 is 1.17 bits per heavy atom. The van der Waals surface area contributed by atoms with Crippen molar-refractivity contribution in [3.8, 4) is 11.4 Å². The maximum Gasteiger partial charge on any atom is 0.325 e. The number of imide groups is 1. The molecular weight excluding hydrogens is 308 g/mol. The molecule has 1 atom stereocenters. The van der Waals surface area contributed by atoms with Crippen molar-refractivity contribution in [3.05, 3.63) is 48.3 Å². The van der Waals surface area contributed by atoms with Crippen LogP contribution in [0.5, 0.6) is 0 Å². The summed E-state index contributed by atoms with van der Waals surface area (Å²) in [6.45, 7) is 0.924. The standard InChI is InChI=1S/C17H16N4O3/c22-15-17(6-8-24-11-17)20-16(23)21(15)10-12-4-5-14(19-9-12)13-3-1-2-7-18-13/h1-5,7,9H,6,8,10-11H2,(H,20,23). The minimum Gasteiger partial charge on any atom is -0.378 e. The highest BCUT2D eigenvalue weighted by atomic mass is 16.5. The largest absolute Gasteiger partial charge is 0.378 e. The number of amides is 3. The number of aromatic nitrogens is 2. The van der Waals surface area contributed by atoms with E-state index in [2.05, 4.69) is 15.3 Å². The molecule has 2 aliphatic heterocycles. The van der Waals surface area contributed by atoms with Gasteiger partial charge in [0.15, 0.2) is 0 Å². The third-order valence-corrected chi connectivity index (χ3v) is 4.36. The highest BCUT2D eigenvalue weighted by Crippen LogP contribution is 2.28. The molecule has 0 radical (unpaired) electrons. The van der Waals surface area contributed by atoms with Crippen LogP contribution in [0.1, 0.15) is 12.0 Å². The molecule has 0 bridgehead atoms. The lowest BCUT2D eigenvalue weighted by Gasteiger charge is -2.18. The molecule has 2 aromatic heterocycles. The number of pyridine rings is 2. The maximum absolute atomic E-state index is 12.6. The second-order valence-corrected chi connectivity index (χ2v) is 5.97. The molecule has 7 nitrogen and oxygen atoms in total. The molecule has 0 saturated carbocycles. The summed E-state index contributed by atoms with van der Waals surface area (Å²) in [5.41, 5.74) is 1.44. The summed E-state index contributed by atoms with van der Waals surface area (Å²) in [4.78, 5) is 34.6. The molecule has 1 N–H and O–H groups in total. The second-order valence-electron chi connectivity index (χ2n) is 5.97. The molecule has 0 aliphatic carbocycles. The molecular formula is C17H16N4O3. The number of ether oxygens (including phenoxy) is 1. The fraction of sp³-hybridized carbons (Fsp3) is 0.294. The Kier molecular flexibility index (Phi) is 3.50. The van der Waals surface area contributed by atoms with E-state index in [0.29, 0.717) is 13.0 Å². The fourth-order valence-electron chi connectivity index (χ4n) is 3.02. The van der Waals surface area contributed by atoms with E-state index >= 15 is 0 Å². The Hall–Kier alpha value is -2.80. The second kappa shape index (κ2) is 5.68. The van der Waals surface area contributed by atoms with Crippen molar-refractivity contribution in [2.75, 3.05) is 13.2 Å². The number of rotatable bonds is 3. The molecule has 122 valence electrons. The summed E-state index contributed by atoms with van der Waals surface area (Å²) in [6.07, 6.45) is 3.90. The van der Waals surface area contributed by atoms with Crippen LogP contribution in [-0.4, -0.2) is 45.6 Å². The highest BCUT2D eigenvalue weighted by Gasteiger charge is 2.53. The number of nitrogens with one attached hydrogen (secondary N) is 1. The van der Waals surface area contributed by atoms with Crippen LogP contribution in [0.4, 0.5) is 4.79 Å². The van der Waals surface area contributed by atoms with Crippen molar-refractivity contribution in [1.29, 1.82) is 0 Å². The molecule has 2 aromatic rings. The normalized spacial score (nSPS) is 23.1. The molecule has 0 aromatic carbocycles. The van der Waals surface area contributed by atoms with E-state index in [-0.39, 0.29) is 25.1 Å². The first kappa shape index (κ1) is 14.8. The molecule has 1 spiro atoms. The molecule has 4 heterocycles. The van der Waals surface area contributed by atoms with E-state index in [1.54, 1.807) is 12.4 Å². The predicted octanol–water partition coefficient (Wildman–Crippen LogP) is 1.35. The van der Waals surface area contributed by atoms with Gasteiger partial charge < -0.3 is 10.1 Å². The predicted molar refractivity (Wildman–Crippen MR) is 84.7 cm³/mol. The van der Waals surface area contributed by atoms with Crippen molar-refractivity contribution in [1.82, 2.24) is 20.2 Å². The molecule has 24 heavy (non-hydrogen) atoms. The lowest BCUT2D eigenvalue weighted by Crippen LogP contribution is -2.47. The van der Waals surface area contributed by atoms with Crippen molar-refractivity contribution in [2.24, 2.45) is 0 Å². The smallest absolute Gasteiger partial charge is 0.325 e. The first-order valence-corrected chi connectivity index (χ1v) is 7.76. The van der Waals surface area contributed by atoms with Gasteiger partial charge in [-0.3, -0.25) is 19.7 Å². The molecule has 2 aliphatic rings. The number of carbonyl (C=O) groups is 2. The number of carbonyl (C=O) groups excluding carboxylic acids is 2. The van der Waals surface area contributed by atoms with Gasteiger partial charge >= 0.3 is 6.03 Å². The van der Waals surface area contributed by atoms with Gasteiger partial charge in [0.25, 0.3) is 5.91 Å². The van der Waals surface area contributed by atoms with Crippen molar-refractivity contribution in [3.63, 3.8) is 0 Å². The first-order valence-electron chi connectivity index (χ1n) is 7.76. The van der Waals surface area contributed by atoms with Crippen LogP contribution in [0.25, 0.3) is 11.4 Å². The molecule has 1 unspecified atom stereocenters. The quantitative estimate of drug-likeness (QED) is 0.862. The molecule has 2 saturated heterocycles. The Labute approximate surface area is 138 Å². The summed E-state index contributed by atoms with van der Waals surface area (Å²) in [5, 5.41) is 2.77. The van der Waals surface area contributed by atoms with Gasteiger partial charge in [-0.25, -0.2) is 4.79 Å². The monoisotopic (exact) mass is 324 g/mol. The first-order chi connectivity index (χ1) is 11.7. The fourth-order valence-corrected chi connectivity index (χ4v) is 3.02. The van der Waals surface area contributed by atoms with Crippen molar-refractivity contribution >= 4 is 11.9 Å². The molecule has 2 fully saturated rings. The van der Waals surface area contributed by atoms with Gasteiger partial charge in [0.2, 0.25) is 0 Å². The van der Waals surface area contributed by atoms with Gasteiger partial charge in [-0.1, -0.05) is 12.1 Å². The number of nitrogens with zero attached hydrogens (tertiary/aromatic N) is 3. The van der Waals surface area contributed by atoms with Gasteiger partial charge in [0, 0.05) is 25.4 Å². The van der Waals surface area contributed by atoms with Gasteiger partial charge in [-0.05, 0) is 23.8 Å². The van der Waals surface area contributed by atoms with Gasteiger partial charge in [0.1, 0.15) is 5.54 Å². The summed E-state index contributed by atoms with van der Waals surface area (Å²) in [6, 6.07) is 8.94. The molecule has 3 amide bonds. The van der Waals surface area contributed by atoms with E-state index in [4.69, 9.17) is 4.74 Å². The molecule has 7 heteroatoms. The van der Waals surface area contributed by atoms with Crippen LogP contribution in [0.15, 0.2) is 42.7 Å². The van der Waals surface area contributed by atoms with E-state index < -0.39 is 5.54 Å². The van der Waals surface area contributed by atoms with Crippen LogP contribution in [-0.2, 0) is 16.1 Å². The summed E-state index contributed by atoms with van der Waals surface area (Å²) < 4.78 is 5.28. The third kappa shape index (κ3) is 2.43.